The number of aromatic nitrogens is 3. The van der Waals surface area contributed by atoms with Crippen LogP contribution < -0.4 is 5.73 Å². The van der Waals surface area contributed by atoms with E-state index in [1.807, 2.05) is 13.8 Å². The molecule has 1 atom stereocenters. The van der Waals surface area contributed by atoms with Crippen molar-refractivity contribution in [3.8, 4) is 5.69 Å². The molecule has 1 unspecified atom stereocenters. The van der Waals surface area contributed by atoms with Crippen LogP contribution in [0.4, 0.5) is 4.39 Å². The quantitative estimate of drug-likeness (QED) is 0.938. The van der Waals surface area contributed by atoms with Gasteiger partial charge in [-0.25, -0.2) is 9.07 Å². The first-order chi connectivity index (χ1) is 9.10. The van der Waals surface area contributed by atoms with Crippen LogP contribution in [0.15, 0.2) is 18.2 Å². The maximum absolute atomic E-state index is 13.9. The van der Waals surface area contributed by atoms with Crippen molar-refractivity contribution >= 4 is 11.6 Å². The summed E-state index contributed by atoms with van der Waals surface area (Å²) in [6, 6.07) is 4.33. The molecule has 1 aromatic carbocycles. The highest BCUT2D eigenvalue weighted by Gasteiger charge is 2.20. The van der Waals surface area contributed by atoms with Crippen molar-refractivity contribution in [2.24, 2.45) is 5.73 Å². The minimum Gasteiger partial charge on any atom is -0.323 e. The molecule has 1 aromatic heterocycles. The average molecular weight is 283 g/mol. The van der Waals surface area contributed by atoms with Gasteiger partial charge in [-0.1, -0.05) is 36.7 Å². The lowest BCUT2D eigenvalue weighted by atomic mass is 10.1. The smallest absolute Gasteiger partial charge is 0.150 e. The van der Waals surface area contributed by atoms with Gasteiger partial charge >= 0.3 is 0 Å². The molecule has 102 valence electrons. The Morgan fingerprint density at radius 2 is 2.16 bits per heavy atom. The normalized spacial score (nSPS) is 12.7. The molecule has 0 aliphatic carbocycles. The summed E-state index contributed by atoms with van der Waals surface area (Å²) >= 11 is 6.06. The Hall–Kier alpha value is -1.46. The fourth-order valence-corrected chi connectivity index (χ4v) is 2.24. The Morgan fingerprint density at radius 1 is 1.42 bits per heavy atom. The summed E-state index contributed by atoms with van der Waals surface area (Å²) in [5.41, 5.74) is 7.71. The molecule has 0 bridgehead atoms. The van der Waals surface area contributed by atoms with E-state index in [0.29, 0.717) is 17.1 Å². The van der Waals surface area contributed by atoms with Crippen LogP contribution in [-0.4, -0.2) is 15.0 Å². The second-order valence-corrected chi connectivity index (χ2v) is 4.68. The van der Waals surface area contributed by atoms with E-state index in [0.717, 1.165) is 12.1 Å². The molecule has 0 fully saturated rings. The van der Waals surface area contributed by atoms with Crippen LogP contribution in [0.25, 0.3) is 5.69 Å². The van der Waals surface area contributed by atoms with Gasteiger partial charge in [0, 0.05) is 0 Å². The number of halogens is 2. The van der Waals surface area contributed by atoms with Crippen molar-refractivity contribution in [1.29, 1.82) is 0 Å². The largest absolute Gasteiger partial charge is 0.323 e. The number of benzene rings is 1. The summed E-state index contributed by atoms with van der Waals surface area (Å²) in [7, 11) is 0. The average Bonchev–Trinajstić information content (AvgIpc) is 2.81. The molecule has 6 heteroatoms. The molecule has 0 saturated heterocycles. The monoisotopic (exact) mass is 282 g/mol. The van der Waals surface area contributed by atoms with Gasteiger partial charge in [-0.3, -0.25) is 0 Å². The maximum Gasteiger partial charge on any atom is 0.150 e. The van der Waals surface area contributed by atoms with Gasteiger partial charge in [-0.15, -0.1) is 5.10 Å². The standard InChI is InChI=1S/C13H16ClFN4/c1-3-10(16)12-11(4-2)19(18-17-12)13-8(14)6-5-7-9(13)15/h5-7,10H,3-4,16H2,1-2H3. The number of hydrogen-bond acceptors (Lipinski definition) is 3. The van der Waals surface area contributed by atoms with Gasteiger partial charge in [0.05, 0.1) is 16.8 Å². The summed E-state index contributed by atoms with van der Waals surface area (Å²) < 4.78 is 15.4. The van der Waals surface area contributed by atoms with E-state index in [2.05, 4.69) is 10.3 Å². The second kappa shape index (κ2) is 5.67. The molecule has 0 aliphatic rings. The molecule has 0 saturated carbocycles. The molecule has 19 heavy (non-hydrogen) atoms. The molecule has 2 N–H and O–H groups in total. The Bertz CT molecular complexity index is 562. The van der Waals surface area contributed by atoms with Gasteiger partial charge in [0.1, 0.15) is 17.2 Å². The molecule has 1 heterocycles. The van der Waals surface area contributed by atoms with Crippen molar-refractivity contribution in [3.05, 3.63) is 40.4 Å². The summed E-state index contributed by atoms with van der Waals surface area (Å²) in [6.07, 6.45) is 1.40. The van der Waals surface area contributed by atoms with Crippen LogP contribution in [0.1, 0.15) is 37.7 Å². The third kappa shape index (κ3) is 2.48. The van der Waals surface area contributed by atoms with Gasteiger partial charge in [0.25, 0.3) is 0 Å². The third-order valence-electron chi connectivity index (χ3n) is 3.07. The lowest BCUT2D eigenvalue weighted by Crippen LogP contribution is -2.13. The Labute approximate surface area is 116 Å². The number of rotatable bonds is 4. The number of nitrogens with zero attached hydrogens (tertiary/aromatic N) is 3. The van der Waals surface area contributed by atoms with E-state index in [1.165, 1.54) is 10.7 Å². The fourth-order valence-electron chi connectivity index (χ4n) is 2.00. The van der Waals surface area contributed by atoms with Crippen LogP contribution in [0.5, 0.6) is 0 Å². The molecule has 0 amide bonds. The number of nitrogens with two attached hydrogens (primary N) is 1. The lowest BCUT2D eigenvalue weighted by molar-refractivity contribution is 0.603. The summed E-state index contributed by atoms with van der Waals surface area (Å²) in [5.74, 6) is -0.427. The van der Waals surface area contributed by atoms with E-state index < -0.39 is 5.82 Å². The molecular formula is C13H16ClFN4. The Morgan fingerprint density at radius 3 is 2.74 bits per heavy atom. The van der Waals surface area contributed by atoms with E-state index in [1.54, 1.807) is 12.1 Å². The lowest BCUT2D eigenvalue weighted by Gasteiger charge is -2.11. The fraction of sp³-hybridized carbons (Fsp3) is 0.385. The number of hydrogen-bond donors (Lipinski definition) is 1. The molecule has 0 spiro atoms. The maximum atomic E-state index is 13.9. The van der Waals surface area contributed by atoms with Crippen molar-refractivity contribution in [3.63, 3.8) is 0 Å². The molecule has 4 nitrogen and oxygen atoms in total. The van der Waals surface area contributed by atoms with Crippen LogP contribution in [-0.2, 0) is 6.42 Å². The van der Waals surface area contributed by atoms with E-state index >= 15 is 0 Å². The van der Waals surface area contributed by atoms with Gasteiger partial charge < -0.3 is 5.73 Å². The molecule has 0 aliphatic heterocycles. The van der Waals surface area contributed by atoms with Crippen molar-refractivity contribution in [1.82, 2.24) is 15.0 Å². The van der Waals surface area contributed by atoms with E-state index in [-0.39, 0.29) is 11.7 Å². The SMILES string of the molecule is CCc1c(C(N)CC)nnn1-c1c(F)cccc1Cl. The second-order valence-electron chi connectivity index (χ2n) is 4.27. The molecule has 2 rings (SSSR count). The third-order valence-corrected chi connectivity index (χ3v) is 3.37. The minimum atomic E-state index is -0.427. The zero-order valence-corrected chi connectivity index (χ0v) is 11.7. The molecular weight excluding hydrogens is 267 g/mol. The van der Waals surface area contributed by atoms with Crippen LogP contribution in [0.2, 0.25) is 5.02 Å². The first kappa shape index (κ1) is 14.0. The zero-order valence-electron chi connectivity index (χ0n) is 10.9. The van der Waals surface area contributed by atoms with Gasteiger partial charge in [0.2, 0.25) is 0 Å². The predicted molar refractivity (Wildman–Crippen MR) is 72.9 cm³/mol. The highest BCUT2D eigenvalue weighted by Crippen LogP contribution is 2.26. The Kier molecular flexibility index (Phi) is 4.17. The van der Waals surface area contributed by atoms with Gasteiger partial charge in [0.15, 0.2) is 0 Å². The summed E-state index contributed by atoms with van der Waals surface area (Å²) in [4.78, 5) is 0. The van der Waals surface area contributed by atoms with Crippen LogP contribution >= 0.6 is 11.6 Å². The molecule has 0 radical (unpaired) electrons. The van der Waals surface area contributed by atoms with Crippen LogP contribution in [0.3, 0.4) is 0 Å². The van der Waals surface area contributed by atoms with Gasteiger partial charge in [-0.2, -0.15) is 0 Å². The Balaban J connectivity index is 2.60. The van der Waals surface area contributed by atoms with E-state index in [9.17, 15) is 4.39 Å². The van der Waals surface area contributed by atoms with E-state index in [4.69, 9.17) is 17.3 Å². The van der Waals surface area contributed by atoms with Crippen LogP contribution in [0, 0.1) is 5.82 Å². The van der Waals surface area contributed by atoms with Gasteiger partial charge in [-0.05, 0) is 25.0 Å². The topological polar surface area (TPSA) is 56.7 Å². The minimum absolute atomic E-state index is 0.200. The zero-order chi connectivity index (χ0) is 14.0. The number of para-hydroxylation sites is 1. The highest BCUT2D eigenvalue weighted by atomic mass is 35.5. The highest BCUT2D eigenvalue weighted by molar-refractivity contribution is 6.32. The summed E-state index contributed by atoms with van der Waals surface area (Å²) in [5, 5.41) is 8.39. The van der Waals surface area contributed by atoms with Crippen molar-refractivity contribution in [2.75, 3.05) is 0 Å². The first-order valence-electron chi connectivity index (χ1n) is 6.24. The molecule has 2 aromatic rings. The summed E-state index contributed by atoms with van der Waals surface area (Å²) in [6.45, 7) is 3.93. The predicted octanol–water partition coefficient (Wildman–Crippen LogP) is 3.03. The first-order valence-corrected chi connectivity index (χ1v) is 6.62. The van der Waals surface area contributed by atoms with Crippen molar-refractivity contribution < 1.29 is 4.39 Å². The van der Waals surface area contributed by atoms with Crippen molar-refractivity contribution in [2.45, 2.75) is 32.7 Å².